The molecule has 0 saturated heterocycles. The Morgan fingerprint density at radius 1 is 1.24 bits per heavy atom. The molecule has 0 aliphatic rings. The molecule has 0 aromatic rings. The van der Waals surface area contributed by atoms with Gasteiger partial charge < -0.3 is 19.5 Å². The average molecular weight is 247 g/mol. The van der Waals surface area contributed by atoms with E-state index in [0.717, 1.165) is 0 Å². The molecule has 0 amide bonds. The summed E-state index contributed by atoms with van der Waals surface area (Å²) in [5, 5.41) is 3.04. The van der Waals surface area contributed by atoms with Gasteiger partial charge in [0.2, 0.25) is 0 Å². The molecule has 0 heterocycles. The lowest BCUT2D eigenvalue weighted by Gasteiger charge is -2.22. The Kier molecular flexibility index (Phi) is 8.12. The Morgan fingerprint density at radius 2 is 1.88 bits per heavy atom. The van der Waals surface area contributed by atoms with Crippen LogP contribution < -0.4 is 5.32 Å². The average Bonchev–Trinajstić information content (AvgIpc) is 2.20. The number of carbonyl (C=O) groups is 1. The van der Waals surface area contributed by atoms with Crippen molar-refractivity contribution in [1.82, 2.24) is 5.32 Å². The van der Waals surface area contributed by atoms with Crippen molar-refractivity contribution in [3.63, 3.8) is 0 Å². The summed E-state index contributed by atoms with van der Waals surface area (Å²) in [7, 11) is 1.63. The van der Waals surface area contributed by atoms with Crippen LogP contribution in [0.15, 0.2) is 0 Å². The van der Waals surface area contributed by atoms with Crippen molar-refractivity contribution >= 4 is 5.97 Å². The second kappa shape index (κ2) is 8.44. The van der Waals surface area contributed by atoms with E-state index in [0.29, 0.717) is 26.4 Å². The van der Waals surface area contributed by atoms with Crippen LogP contribution in [-0.4, -0.2) is 51.1 Å². The Hall–Kier alpha value is -0.650. The van der Waals surface area contributed by atoms with E-state index in [9.17, 15) is 4.79 Å². The topological polar surface area (TPSA) is 56.8 Å². The van der Waals surface area contributed by atoms with E-state index in [4.69, 9.17) is 14.2 Å². The first-order valence-corrected chi connectivity index (χ1v) is 5.89. The Morgan fingerprint density at radius 3 is 2.41 bits per heavy atom. The molecule has 1 atom stereocenters. The summed E-state index contributed by atoms with van der Waals surface area (Å²) in [6.45, 7) is 9.66. The maximum absolute atomic E-state index is 11.6. The molecule has 0 saturated carbocycles. The summed E-state index contributed by atoms with van der Waals surface area (Å²) in [6.07, 6.45) is 0. The zero-order valence-electron chi connectivity index (χ0n) is 11.5. The third-order valence-electron chi connectivity index (χ3n) is 1.89. The van der Waals surface area contributed by atoms with Crippen LogP contribution in [0.4, 0.5) is 0 Å². The number of nitrogens with one attached hydrogen (secondary N) is 1. The van der Waals surface area contributed by atoms with E-state index in [-0.39, 0.29) is 12.0 Å². The number of carbonyl (C=O) groups excluding carboxylic acids is 1. The minimum Gasteiger partial charge on any atom is -0.459 e. The SMILES string of the molecule is COCCOCCNC(C)C(=O)OC(C)(C)C. The molecule has 5 heteroatoms. The molecule has 0 fully saturated rings. The number of methoxy groups -OCH3 is 1. The van der Waals surface area contributed by atoms with Crippen LogP contribution in [0.25, 0.3) is 0 Å². The highest BCUT2D eigenvalue weighted by Gasteiger charge is 2.20. The summed E-state index contributed by atoms with van der Waals surface area (Å²) in [6, 6.07) is -0.319. The smallest absolute Gasteiger partial charge is 0.323 e. The van der Waals surface area contributed by atoms with Crippen LogP contribution in [0.1, 0.15) is 27.7 Å². The van der Waals surface area contributed by atoms with Gasteiger partial charge in [-0.3, -0.25) is 4.79 Å². The predicted octanol–water partition coefficient (Wildman–Crippen LogP) is 0.969. The van der Waals surface area contributed by atoms with Crippen molar-refractivity contribution in [2.24, 2.45) is 0 Å². The third-order valence-corrected chi connectivity index (χ3v) is 1.89. The van der Waals surface area contributed by atoms with E-state index in [2.05, 4.69) is 5.32 Å². The lowest BCUT2D eigenvalue weighted by Crippen LogP contribution is -2.40. The van der Waals surface area contributed by atoms with E-state index >= 15 is 0 Å². The van der Waals surface area contributed by atoms with Gasteiger partial charge in [0.05, 0.1) is 19.8 Å². The molecule has 1 unspecified atom stereocenters. The van der Waals surface area contributed by atoms with E-state index in [1.54, 1.807) is 14.0 Å². The standard InChI is InChI=1S/C12H25NO4/c1-10(11(14)17-12(2,3)4)13-6-7-16-9-8-15-5/h10,13H,6-9H2,1-5H3. The molecule has 0 bridgehead atoms. The molecule has 0 spiro atoms. The maximum Gasteiger partial charge on any atom is 0.323 e. The van der Waals surface area contributed by atoms with Crippen LogP contribution in [0.2, 0.25) is 0 Å². The first kappa shape index (κ1) is 16.4. The first-order chi connectivity index (χ1) is 7.87. The molecular formula is C12H25NO4. The molecule has 0 aliphatic heterocycles. The third kappa shape index (κ3) is 10.2. The van der Waals surface area contributed by atoms with Crippen LogP contribution in [-0.2, 0) is 19.0 Å². The van der Waals surface area contributed by atoms with Crippen LogP contribution >= 0.6 is 0 Å². The highest BCUT2D eigenvalue weighted by Crippen LogP contribution is 2.08. The van der Waals surface area contributed by atoms with Gasteiger partial charge in [-0.25, -0.2) is 0 Å². The molecule has 0 aromatic carbocycles. The minimum absolute atomic E-state index is 0.241. The molecule has 1 N–H and O–H groups in total. The van der Waals surface area contributed by atoms with Gasteiger partial charge in [-0.15, -0.1) is 0 Å². The molecule has 0 aliphatic carbocycles. The number of hydrogen-bond acceptors (Lipinski definition) is 5. The number of hydrogen-bond donors (Lipinski definition) is 1. The Labute approximate surface area is 104 Å². The molecule has 5 nitrogen and oxygen atoms in total. The summed E-state index contributed by atoms with van der Waals surface area (Å²) >= 11 is 0. The van der Waals surface area contributed by atoms with Gasteiger partial charge in [-0.2, -0.15) is 0 Å². The van der Waals surface area contributed by atoms with Gasteiger partial charge in [0.25, 0.3) is 0 Å². The lowest BCUT2D eigenvalue weighted by atomic mass is 10.2. The van der Waals surface area contributed by atoms with Crippen molar-refractivity contribution in [3.8, 4) is 0 Å². The second-order valence-electron chi connectivity index (χ2n) is 4.81. The van der Waals surface area contributed by atoms with Crippen molar-refractivity contribution in [1.29, 1.82) is 0 Å². The zero-order chi connectivity index (χ0) is 13.3. The van der Waals surface area contributed by atoms with E-state index in [1.807, 2.05) is 20.8 Å². The highest BCUT2D eigenvalue weighted by atomic mass is 16.6. The summed E-state index contributed by atoms with van der Waals surface area (Å²) in [5.41, 5.74) is -0.442. The predicted molar refractivity (Wildman–Crippen MR) is 66.0 cm³/mol. The maximum atomic E-state index is 11.6. The minimum atomic E-state index is -0.442. The molecular weight excluding hydrogens is 222 g/mol. The van der Waals surface area contributed by atoms with E-state index in [1.165, 1.54) is 0 Å². The molecule has 0 aromatic heterocycles. The van der Waals surface area contributed by atoms with Gasteiger partial charge in [-0.1, -0.05) is 0 Å². The van der Waals surface area contributed by atoms with Crippen molar-refractivity contribution < 1.29 is 19.0 Å². The van der Waals surface area contributed by atoms with Crippen LogP contribution in [0.5, 0.6) is 0 Å². The van der Waals surface area contributed by atoms with Gasteiger partial charge in [0.1, 0.15) is 11.6 Å². The second-order valence-corrected chi connectivity index (χ2v) is 4.81. The van der Waals surface area contributed by atoms with Crippen LogP contribution in [0.3, 0.4) is 0 Å². The number of rotatable bonds is 8. The lowest BCUT2D eigenvalue weighted by molar-refractivity contribution is -0.157. The number of ether oxygens (including phenoxy) is 3. The highest BCUT2D eigenvalue weighted by molar-refractivity contribution is 5.75. The quantitative estimate of drug-likeness (QED) is 0.511. The Balaban J connectivity index is 3.58. The monoisotopic (exact) mass is 247 g/mol. The van der Waals surface area contributed by atoms with Crippen molar-refractivity contribution in [2.75, 3.05) is 33.5 Å². The van der Waals surface area contributed by atoms with Gasteiger partial charge in [0, 0.05) is 13.7 Å². The summed E-state index contributed by atoms with van der Waals surface area (Å²) in [4.78, 5) is 11.6. The largest absolute Gasteiger partial charge is 0.459 e. The molecule has 0 rings (SSSR count). The van der Waals surface area contributed by atoms with Gasteiger partial charge >= 0.3 is 5.97 Å². The van der Waals surface area contributed by atoms with Crippen LogP contribution in [0, 0.1) is 0 Å². The van der Waals surface area contributed by atoms with Crippen molar-refractivity contribution in [2.45, 2.75) is 39.3 Å². The Bertz CT molecular complexity index is 213. The normalized spacial score (nSPS) is 13.5. The first-order valence-electron chi connectivity index (χ1n) is 5.89. The summed E-state index contributed by atoms with van der Waals surface area (Å²) < 4.78 is 15.3. The molecule has 102 valence electrons. The van der Waals surface area contributed by atoms with Gasteiger partial charge in [0.15, 0.2) is 0 Å². The fraction of sp³-hybridized carbons (Fsp3) is 0.917. The fourth-order valence-electron chi connectivity index (χ4n) is 1.07. The van der Waals surface area contributed by atoms with E-state index < -0.39 is 5.60 Å². The number of esters is 1. The molecule has 0 radical (unpaired) electrons. The fourth-order valence-corrected chi connectivity index (χ4v) is 1.07. The van der Waals surface area contributed by atoms with Crippen molar-refractivity contribution in [3.05, 3.63) is 0 Å². The van der Waals surface area contributed by atoms with Gasteiger partial charge in [-0.05, 0) is 27.7 Å². The zero-order valence-corrected chi connectivity index (χ0v) is 11.5. The summed E-state index contributed by atoms with van der Waals surface area (Å²) in [5.74, 6) is -0.241. The molecule has 17 heavy (non-hydrogen) atoms.